The molecule has 2 aliphatic rings. The summed E-state index contributed by atoms with van der Waals surface area (Å²) < 4.78 is 23.8. The van der Waals surface area contributed by atoms with Gasteiger partial charge in [0.1, 0.15) is 0 Å². The highest BCUT2D eigenvalue weighted by Gasteiger charge is 2.57. The number of hydrogen-bond donors (Lipinski definition) is 0. The van der Waals surface area contributed by atoms with E-state index in [0.29, 0.717) is 5.92 Å². The van der Waals surface area contributed by atoms with Crippen LogP contribution in [-0.2, 0) is 28.5 Å². The topological polar surface area (TPSA) is 71.1 Å². The van der Waals surface area contributed by atoms with Gasteiger partial charge in [0.2, 0.25) is 5.79 Å². The predicted octanol–water partition coefficient (Wildman–Crippen LogP) is 3.07. The van der Waals surface area contributed by atoms with Gasteiger partial charge in [-0.2, -0.15) is 0 Å². The first-order valence-corrected chi connectivity index (χ1v) is 9.30. The van der Waals surface area contributed by atoms with E-state index >= 15 is 0 Å². The molecule has 1 heterocycles. The van der Waals surface area contributed by atoms with E-state index in [1.54, 1.807) is 0 Å². The molecular weight excluding hydrogens is 324 g/mol. The Morgan fingerprint density at radius 3 is 2.08 bits per heavy atom. The van der Waals surface area contributed by atoms with Crippen LogP contribution in [0.15, 0.2) is 0 Å². The molecule has 0 radical (unpaired) electrons. The fourth-order valence-electron chi connectivity index (χ4n) is 4.46. The smallest absolute Gasteiger partial charge is 0.303 e. The summed E-state index contributed by atoms with van der Waals surface area (Å²) in [5.74, 6) is -1.49. The molecule has 2 rings (SSSR count). The third-order valence-corrected chi connectivity index (χ3v) is 5.16. The Morgan fingerprint density at radius 1 is 0.960 bits per heavy atom. The Bertz CT molecular complexity index is 480. The summed E-state index contributed by atoms with van der Waals surface area (Å²) in [7, 11) is 0. The number of carbonyl (C=O) groups excluding carboxylic acids is 2. The predicted molar refractivity (Wildman–Crippen MR) is 91.7 cm³/mol. The second-order valence-corrected chi connectivity index (χ2v) is 7.90. The quantitative estimate of drug-likeness (QED) is 0.724. The first kappa shape index (κ1) is 20.2. The van der Waals surface area contributed by atoms with E-state index in [4.69, 9.17) is 18.9 Å². The number of hydrogen-bond acceptors (Lipinski definition) is 6. The number of carbonyl (C=O) groups is 2. The maximum atomic E-state index is 11.8. The minimum atomic E-state index is -1.08. The molecule has 0 N–H and O–H groups in total. The highest BCUT2D eigenvalue weighted by atomic mass is 16.7. The van der Waals surface area contributed by atoms with E-state index in [2.05, 4.69) is 13.8 Å². The standard InChI is InChI=1S/C19H32O6/c1-11-7-12(2)18(23-16(6)21)19(17(8-11)10-22-15(5)20)24-13(3)9-14(4)25-19/h11-14,17-18H,7-10H2,1-6H3/t11-,12+,13-,14+,17+,18+,19?/m0/s1. The van der Waals surface area contributed by atoms with Crippen LogP contribution >= 0.6 is 0 Å². The zero-order chi connectivity index (χ0) is 18.8. The van der Waals surface area contributed by atoms with Gasteiger partial charge in [-0.15, -0.1) is 0 Å². The highest BCUT2D eigenvalue weighted by molar-refractivity contribution is 5.66. The van der Waals surface area contributed by atoms with Gasteiger partial charge >= 0.3 is 11.9 Å². The summed E-state index contributed by atoms with van der Waals surface area (Å²) >= 11 is 0. The van der Waals surface area contributed by atoms with Crippen molar-refractivity contribution in [1.82, 2.24) is 0 Å². The molecule has 2 fully saturated rings. The van der Waals surface area contributed by atoms with Crippen molar-refractivity contribution in [2.24, 2.45) is 17.8 Å². The molecule has 0 aromatic rings. The maximum absolute atomic E-state index is 11.8. The monoisotopic (exact) mass is 356 g/mol. The normalized spacial score (nSPS) is 41.8. The van der Waals surface area contributed by atoms with Crippen LogP contribution in [0.25, 0.3) is 0 Å². The van der Waals surface area contributed by atoms with Crippen molar-refractivity contribution < 1.29 is 28.5 Å². The number of rotatable bonds is 3. The van der Waals surface area contributed by atoms with Gasteiger partial charge in [0.25, 0.3) is 0 Å². The van der Waals surface area contributed by atoms with Crippen molar-refractivity contribution in [2.45, 2.75) is 84.9 Å². The van der Waals surface area contributed by atoms with Gasteiger partial charge in [0, 0.05) is 13.8 Å². The summed E-state index contributed by atoms with van der Waals surface area (Å²) in [6.07, 6.45) is 1.88. The number of esters is 2. The Balaban J connectivity index is 2.44. The molecule has 1 unspecified atom stereocenters. The average molecular weight is 356 g/mol. The second kappa shape index (κ2) is 8.04. The van der Waals surface area contributed by atoms with E-state index in [0.717, 1.165) is 19.3 Å². The van der Waals surface area contributed by atoms with Crippen LogP contribution in [0.5, 0.6) is 0 Å². The van der Waals surface area contributed by atoms with Crippen LogP contribution in [0.1, 0.15) is 60.8 Å². The van der Waals surface area contributed by atoms with Gasteiger partial charge in [-0.3, -0.25) is 9.59 Å². The van der Waals surface area contributed by atoms with E-state index in [9.17, 15) is 9.59 Å². The van der Waals surface area contributed by atoms with Crippen LogP contribution in [-0.4, -0.2) is 42.6 Å². The summed E-state index contributed by atoms with van der Waals surface area (Å²) in [5, 5.41) is 0. The van der Waals surface area contributed by atoms with Crippen LogP contribution in [0.3, 0.4) is 0 Å². The molecule has 1 saturated heterocycles. The third kappa shape index (κ3) is 4.73. The van der Waals surface area contributed by atoms with Gasteiger partial charge in [-0.1, -0.05) is 13.8 Å². The van der Waals surface area contributed by atoms with Crippen molar-refractivity contribution >= 4 is 11.9 Å². The van der Waals surface area contributed by atoms with E-state index in [1.165, 1.54) is 13.8 Å². The van der Waals surface area contributed by atoms with Gasteiger partial charge in [-0.05, 0) is 44.9 Å². The number of ether oxygens (including phenoxy) is 4. The molecule has 0 aromatic heterocycles. The molecule has 0 bridgehead atoms. The van der Waals surface area contributed by atoms with Gasteiger partial charge in [0.05, 0.1) is 24.7 Å². The first-order chi connectivity index (χ1) is 11.6. The van der Waals surface area contributed by atoms with Gasteiger partial charge in [-0.25, -0.2) is 0 Å². The molecule has 0 amide bonds. The molecule has 144 valence electrons. The Hall–Kier alpha value is -1.14. The third-order valence-electron chi connectivity index (χ3n) is 5.16. The lowest BCUT2D eigenvalue weighted by Gasteiger charge is -2.50. The molecule has 1 spiro atoms. The summed E-state index contributed by atoms with van der Waals surface area (Å²) in [6, 6.07) is 0. The van der Waals surface area contributed by atoms with Crippen LogP contribution in [0.2, 0.25) is 0 Å². The van der Waals surface area contributed by atoms with E-state index in [1.807, 2.05) is 13.8 Å². The largest absolute Gasteiger partial charge is 0.465 e. The molecule has 1 saturated carbocycles. The minimum absolute atomic E-state index is 0.0257. The van der Waals surface area contributed by atoms with Crippen molar-refractivity contribution in [3.8, 4) is 0 Å². The lowest BCUT2D eigenvalue weighted by molar-refractivity contribution is -0.374. The first-order valence-electron chi connectivity index (χ1n) is 9.30. The SMILES string of the molecule is CC(=O)OC[C@H]1C[C@@H](C)C[C@@H](C)[C@@H](OC(C)=O)C12O[C@H](C)C[C@H](C)O2. The molecule has 1 aliphatic carbocycles. The Morgan fingerprint density at radius 2 is 1.56 bits per heavy atom. The highest BCUT2D eigenvalue weighted by Crippen LogP contribution is 2.47. The Labute approximate surface area is 150 Å². The molecule has 25 heavy (non-hydrogen) atoms. The van der Waals surface area contributed by atoms with Crippen molar-refractivity contribution in [1.29, 1.82) is 0 Å². The molecule has 7 atom stereocenters. The minimum Gasteiger partial charge on any atom is -0.465 e. The molecule has 0 aromatic carbocycles. The Kier molecular flexibility index (Phi) is 6.49. The molecule has 6 nitrogen and oxygen atoms in total. The van der Waals surface area contributed by atoms with Crippen molar-refractivity contribution in [2.75, 3.05) is 6.61 Å². The maximum Gasteiger partial charge on any atom is 0.303 e. The van der Waals surface area contributed by atoms with Gasteiger partial charge in [0.15, 0.2) is 6.10 Å². The van der Waals surface area contributed by atoms with E-state index < -0.39 is 11.9 Å². The lowest BCUT2D eigenvalue weighted by Crippen LogP contribution is -2.62. The summed E-state index contributed by atoms with van der Waals surface area (Å²) in [4.78, 5) is 23.2. The van der Waals surface area contributed by atoms with Crippen molar-refractivity contribution in [3.63, 3.8) is 0 Å². The average Bonchev–Trinajstić information content (AvgIpc) is 2.54. The van der Waals surface area contributed by atoms with Crippen LogP contribution in [0.4, 0.5) is 0 Å². The fourth-order valence-corrected chi connectivity index (χ4v) is 4.46. The lowest BCUT2D eigenvalue weighted by atomic mass is 9.86. The van der Waals surface area contributed by atoms with E-state index in [-0.39, 0.29) is 42.6 Å². The van der Waals surface area contributed by atoms with Crippen molar-refractivity contribution in [3.05, 3.63) is 0 Å². The van der Waals surface area contributed by atoms with Crippen LogP contribution < -0.4 is 0 Å². The fraction of sp³-hybridized carbons (Fsp3) is 0.895. The summed E-state index contributed by atoms with van der Waals surface area (Å²) in [6.45, 7) is 11.2. The zero-order valence-corrected chi connectivity index (χ0v) is 16.2. The zero-order valence-electron chi connectivity index (χ0n) is 16.2. The van der Waals surface area contributed by atoms with Crippen LogP contribution in [0, 0.1) is 17.8 Å². The summed E-state index contributed by atoms with van der Waals surface area (Å²) in [5.41, 5.74) is 0. The molecule has 6 heteroatoms. The van der Waals surface area contributed by atoms with Gasteiger partial charge < -0.3 is 18.9 Å². The second-order valence-electron chi connectivity index (χ2n) is 7.90. The molecular formula is C19H32O6. The molecule has 1 aliphatic heterocycles.